The van der Waals surface area contributed by atoms with Crippen molar-refractivity contribution in [3.8, 4) is 5.75 Å². The molecule has 1 aromatic heterocycles. The number of anilines is 1. The second kappa shape index (κ2) is 45.9. The molecule has 14 atom stereocenters. The van der Waals surface area contributed by atoms with E-state index in [1.165, 1.54) is 14.2 Å². The molecule has 122 heavy (non-hydrogen) atoms. The highest BCUT2D eigenvalue weighted by atomic mass is 33.1. The number of hydrogen-bond donors (Lipinski definition) is 14. The van der Waals surface area contributed by atoms with E-state index in [9.17, 15) is 68.7 Å². The number of hydrogen-bond acceptors (Lipinski definition) is 30. The Bertz CT molecular complexity index is 4130. The van der Waals surface area contributed by atoms with Gasteiger partial charge in [0.2, 0.25) is 35.4 Å². The molecule has 5 aliphatic heterocycles. The molecule has 3 unspecified atom stereocenters. The number of rotatable bonds is 50. The minimum atomic E-state index is -2.72. The molecule has 8 amide bonds. The first-order chi connectivity index (χ1) is 58.6. The van der Waals surface area contributed by atoms with Gasteiger partial charge in [-0.25, -0.2) is 15.0 Å². The SMILES string of the molecule is CC[C@]1(O)CC2CN(CCc3c([nH]c4ccccc34)[C@@](C(=O)OC)(c3cc4c(cc3OC)N(C)[C@H]3[C@@](O)(C(=O)NNC(=O)OCCSSCC(NC(=O)[C@H](CNC(=O)CCOCCOCCOCCOC)NC(=O)[C@H](CC(=O)O)NC(=O)[C@H](CNC(=O)CCOCCOCCOCCOC)NC(C)=O)C(=O)O)[C@H](O)[C@]5(CC)C=CCN6CC[C@]43[C@@H]65)C2)C1. The predicted octanol–water partition coefficient (Wildman–Crippen LogP) is -0.691. The second-order valence-electron chi connectivity index (χ2n) is 31.1. The molecule has 2 saturated heterocycles. The fourth-order valence-electron chi connectivity index (χ4n) is 18.0. The van der Waals surface area contributed by atoms with Crippen molar-refractivity contribution in [2.24, 2.45) is 11.3 Å². The van der Waals surface area contributed by atoms with Gasteiger partial charge in [-0.2, -0.15) is 0 Å². The summed E-state index contributed by atoms with van der Waals surface area (Å²) < 4.78 is 60.2. The number of methoxy groups -OCH3 is 4. The van der Waals surface area contributed by atoms with Crippen LogP contribution >= 0.6 is 21.6 Å². The zero-order chi connectivity index (χ0) is 88.4. The average molecular weight is 1760 g/mol. The number of carboxylic acid groups (broad SMARTS) is 2. The highest BCUT2D eigenvalue weighted by Gasteiger charge is 2.79. The van der Waals surface area contributed by atoms with Gasteiger partial charge in [0.25, 0.3) is 5.91 Å². The summed E-state index contributed by atoms with van der Waals surface area (Å²) >= 11 is 0. The van der Waals surface area contributed by atoms with Crippen molar-refractivity contribution in [1.82, 2.24) is 57.5 Å². The van der Waals surface area contributed by atoms with Crippen LogP contribution in [0.2, 0.25) is 0 Å². The van der Waals surface area contributed by atoms with Crippen LogP contribution in [0.5, 0.6) is 5.75 Å². The number of aromatic nitrogens is 1. The monoisotopic (exact) mass is 1760 g/mol. The van der Waals surface area contributed by atoms with Crippen molar-refractivity contribution < 1.29 is 130 Å². The number of benzene rings is 2. The molecule has 9 rings (SSSR count). The Morgan fingerprint density at radius 2 is 1.24 bits per heavy atom. The molecular formula is C81H120N12O27S2. The molecule has 1 aliphatic carbocycles. The number of H-pyrrole nitrogens is 1. The number of hydrazine groups is 1. The molecule has 1 saturated carbocycles. The summed E-state index contributed by atoms with van der Waals surface area (Å²) in [5, 5.41) is 74.4. The maximum absolute atomic E-state index is 15.7. The number of nitrogens with one attached hydrogen (secondary N) is 9. The van der Waals surface area contributed by atoms with E-state index in [1.807, 2.05) is 62.4 Å². The Labute approximate surface area is 715 Å². The quantitative estimate of drug-likeness (QED) is 0.0109. The molecule has 2 aromatic carbocycles. The second-order valence-corrected chi connectivity index (χ2v) is 33.7. The Morgan fingerprint density at radius 1 is 0.656 bits per heavy atom. The number of aromatic amines is 1. The number of carboxylic acids is 2. The first-order valence-corrected chi connectivity index (χ1v) is 43.5. The molecular weight excluding hydrogens is 1640 g/mol. The number of esters is 1. The number of likely N-dealkylation sites (N-methyl/N-ethyl adjacent to an activating group) is 1. The summed E-state index contributed by atoms with van der Waals surface area (Å²) in [4.78, 5) is 160. The maximum Gasteiger partial charge on any atom is 0.426 e. The number of aliphatic carboxylic acids is 2. The van der Waals surface area contributed by atoms with Crippen LogP contribution in [0.15, 0.2) is 48.6 Å². The summed E-state index contributed by atoms with van der Waals surface area (Å²) in [6.07, 6.45) is 1.49. The van der Waals surface area contributed by atoms with E-state index >= 15 is 9.59 Å². The number of carbonyl (C=O) groups is 11. The molecule has 0 radical (unpaired) electrons. The third kappa shape index (κ3) is 23.3. The van der Waals surface area contributed by atoms with E-state index in [-0.39, 0.29) is 96.0 Å². The fourth-order valence-corrected chi connectivity index (χ4v) is 19.9. The summed E-state index contributed by atoms with van der Waals surface area (Å²) in [5.41, 5.74) is 0.860. The zero-order valence-corrected chi connectivity index (χ0v) is 72.1. The molecule has 14 N–H and O–H groups in total. The Morgan fingerprint density at radius 3 is 1.81 bits per heavy atom. The average Bonchev–Trinajstić information content (AvgIpc) is 1.48. The predicted molar refractivity (Wildman–Crippen MR) is 444 cm³/mol. The van der Waals surface area contributed by atoms with Crippen LogP contribution in [0.1, 0.15) is 94.5 Å². The van der Waals surface area contributed by atoms with Gasteiger partial charge in [0.15, 0.2) is 5.60 Å². The minimum Gasteiger partial charge on any atom is -0.496 e. The van der Waals surface area contributed by atoms with Gasteiger partial charge in [-0.1, -0.05) is 65.8 Å². The number of fused-ring (bicyclic) bond motifs is 6. The molecule has 678 valence electrons. The van der Waals surface area contributed by atoms with E-state index in [2.05, 4.69) is 57.5 Å². The van der Waals surface area contributed by atoms with Crippen molar-refractivity contribution in [1.29, 1.82) is 0 Å². The van der Waals surface area contributed by atoms with Gasteiger partial charge in [-0.05, 0) is 74.2 Å². The number of ether oxygens (including phenoxy) is 11. The Kier molecular flexibility index (Phi) is 36.6. The normalized spacial score (nSPS) is 24.6. The van der Waals surface area contributed by atoms with Crippen LogP contribution in [0.25, 0.3) is 10.9 Å². The number of nitrogens with zero attached hydrogens (tertiary/aromatic N) is 3. The Balaban J connectivity index is 0.848. The summed E-state index contributed by atoms with van der Waals surface area (Å²) in [6, 6.07) is 2.79. The molecule has 2 bridgehead atoms. The molecule has 3 fully saturated rings. The lowest BCUT2D eigenvalue weighted by Gasteiger charge is -2.63. The molecule has 3 aromatic rings. The first-order valence-electron chi connectivity index (χ1n) is 41.1. The topological polar surface area (TPSA) is 512 Å². The first kappa shape index (κ1) is 97.3. The van der Waals surface area contributed by atoms with Crippen molar-refractivity contribution in [2.45, 2.75) is 143 Å². The smallest absolute Gasteiger partial charge is 0.426 e. The lowest BCUT2D eigenvalue weighted by Crippen LogP contribution is -2.82. The molecule has 41 heteroatoms. The number of aliphatic hydroxyl groups is 3. The number of carbonyl (C=O) groups excluding carboxylic acids is 9. The summed E-state index contributed by atoms with van der Waals surface area (Å²) in [7, 11) is 9.60. The van der Waals surface area contributed by atoms with E-state index < -0.39 is 155 Å². The number of para-hydroxylation sites is 1. The number of piperidine rings is 1. The summed E-state index contributed by atoms with van der Waals surface area (Å²) in [6.45, 7) is 9.23. The minimum absolute atomic E-state index is 0.0208. The van der Waals surface area contributed by atoms with Gasteiger partial charge >= 0.3 is 24.0 Å². The van der Waals surface area contributed by atoms with Crippen LogP contribution < -0.4 is 52.4 Å². The maximum atomic E-state index is 15.7. The van der Waals surface area contributed by atoms with E-state index in [0.29, 0.717) is 133 Å². The third-order valence-corrected chi connectivity index (χ3v) is 25.8. The van der Waals surface area contributed by atoms with Crippen molar-refractivity contribution in [3.05, 3.63) is 70.9 Å². The largest absolute Gasteiger partial charge is 0.496 e. The number of amides is 8. The van der Waals surface area contributed by atoms with Crippen LogP contribution in [-0.4, -0.2) is 351 Å². The van der Waals surface area contributed by atoms with Gasteiger partial charge in [-0.15, -0.1) is 0 Å². The standard InChI is InChI=1S/C81H120N12O27S2/c1-9-77(108)43-51-44-80(75(106)113-8,66-53(16-22-92(47-51)49-77)52-14-11-12-15-56(52)85-66)55-40-54-61(42-62(55)112-7)91(4)72-79(54)20-23-93-21-13-19-78(10-2,71(79)93)73(104)81(72,109)74(105)89-90-76(107)120-38-39-121-122-48-60(70(102)103)88-69(101)59(46-83-64(96)18-25-115-31-33-119-37-35-117-29-27-111-6)87-67(99)57(41-65(97)98)86-68(100)58(84-50(3)94)45-82-63(95)17-24-114-30-32-118-36-34-116-28-26-110-5/h11-15,19,40,42,51,57-60,71-73,85,104,108-109H,9-10,16-18,20-39,41,43-49H2,1-8H3,(H,82,95)(H,83,96)(H,84,94)(H,86,100)(H,87,99)(H,88,101)(H,89,105)(H,90,107)(H,97,98)(H,102,103)/t51?,57-,58-,59-,60?,71-,72+,73+,77-,78+,79+,80-,81-/m0/s1. The lowest BCUT2D eigenvalue weighted by molar-refractivity contribution is -0.204. The third-order valence-electron chi connectivity index (χ3n) is 23.5. The van der Waals surface area contributed by atoms with E-state index in [4.69, 9.17) is 52.1 Å². The lowest BCUT2D eigenvalue weighted by atomic mass is 9.47. The van der Waals surface area contributed by atoms with Gasteiger partial charge in [-0.3, -0.25) is 58.4 Å². The van der Waals surface area contributed by atoms with Crippen LogP contribution in [0, 0.1) is 11.3 Å². The fraction of sp³-hybridized carbons (Fsp3) is 0.667. The number of aliphatic hydroxyl groups excluding tert-OH is 1. The van der Waals surface area contributed by atoms with Gasteiger partial charge < -0.3 is 119 Å². The highest BCUT2D eigenvalue weighted by molar-refractivity contribution is 8.76. The van der Waals surface area contributed by atoms with Crippen LogP contribution in [0.3, 0.4) is 0 Å². The van der Waals surface area contributed by atoms with Crippen molar-refractivity contribution in [3.63, 3.8) is 0 Å². The van der Waals surface area contributed by atoms with Crippen molar-refractivity contribution >= 4 is 104 Å². The van der Waals surface area contributed by atoms with E-state index in [0.717, 1.165) is 45.0 Å². The Hall–Kier alpha value is -8.53. The van der Waals surface area contributed by atoms with Crippen LogP contribution in [-0.2, 0) is 113 Å². The zero-order valence-electron chi connectivity index (χ0n) is 70.4. The van der Waals surface area contributed by atoms with Gasteiger partial charge in [0.05, 0.1) is 125 Å². The molecule has 6 aliphatic rings. The molecule has 1 spiro atoms. The van der Waals surface area contributed by atoms with Crippen molar-refractivity contribution in [2.75, 3.05) is 197 Å². The van der Waals surface area contributed by atoms with Gasteiger partial charge in [0, 0.05) is 143 Å². The van der Waals surface area contributed by atoms with Gasteiger partial charge in [0.1, 0.15) is 48.0 Å². The van der Waals surface area contributed by atoms with E-state index in [1.54, 1.807) is 26.2 Å². The van der Waals surface area contributed by atoms with Crippen LogP contribution in [0.4, 0.5) is 10.5 Å². The molecule has 39 nitrogen and oxygen atoms in total. The highest BCUT2D eigenvalue weighted by Crippen LogP contribution is 2.68. The molecule has 6 heterocycles. The summed E-state index contributed by atoms with van der Waals surface area (Å²) in [5.74, 6) is -10.9.